The molecule has 3 aromatic rings. The van der Waals surface area contributed by atoms with E-state index in [0.29, 0.717) is 41.1 Å². The first kappa shape index (κ1) is 20.3. The van der Waals surface area contributed by atoms with Gasteiger partial charge in [-0.2, -0.15) is 0 Å². The summed E-state index contributed by atoms with van der Waals surface area (Å²) >= 11 is 0. The number of benzene rings is 2. The van der Waals surface area contributed by atoms with Crippen LogP contribution in [0.1, 0.15) is 17.0 Å². The Morgan fingerprint density at radius 2 is 1.69 bits per heavy atom. The molecule has 1 heterocycles. The predicted molar refractivity (Wildman–Crippen MR) is 108 cm³/mol. The third-order valence-electron chi connectivity index (χ3n) is 4.46. The van der Waals surface area contributed by atoms with Gasteiger partial charge in [0.15, 0.2) is 11.5 Å². The summed E-state index contributed by atoms with van der Waals surface area (Å²) in [6.07, 6.45) is 0.132. The normalized spacial score (nSPS) is 10.5. The van der Waals surface area contributed by atoms with Crippen molar-refractivity contribution in [2.45, 2.75) is 19.9 Å². The first-order valence-corrected chi connectivity index (χ1v) is 9.13. The fraction of sp³-hybridized carbons (Fsp3) is 0.273. The Morgan fingerprint density at radius 3 is 2.28 bits per heavy atom. The quantitative estimate of drug-likeness (QED) is 0.627. The van der Waals surface area contributed by atoms with Crippen LogP contribution in [-0.2, 0) is 17.8 Å². The van der Waals surface area contributed by atoms with Gasteiger partial charge in [0, 0.05) is 12.1 Å². The summed E-state index contributed by atoms with van der Waals surface area (Å²) in [6, 6.07) is 13.2. The van der Waals surface area contributed by atoms with Gasteiger partial charge in [-0.05, 0) is 36.8 Å². The van der Waals surface area contributed by atoms with Crippen LogP contribution in [-0.4, -0.2) is 32.2 Å². The summed E-state index contributed by atoms with van der Waals surface area (Å²) in [6.45, 7) is 2.12. The summed E-state index contributed by atoms with van der Waals surface area (Å²) in [5.41, 5.74) is 2.32. The number of rotatable bonds is 8. The van der Waals surface area contributed by atoms with E-state index < -0.39 is 0 Å². The number of hydrogen-bond donors (Lipinski definition) is 1. The maximum Gasteiger partial charge on any atom is 0.226 e. The Hall–Kier alpha value is -3.48. The summed E-state index contributed by atoms with van der Waals surface area (Å²) in [4.78, 5) is 16.9. The number of oxazole rings is 1. The van der Waals surface area contributed by atoms with Gasteiger partial charge < -0.3 is 23.9 Å². The van der Waals surface area contributed by atoms with E-state index in [2.05, 4.69) is 10.3 Å². The van der Waals surface area contributed by atoms with Crippen LogP contribution in [0, 0.1) is 6.92 Å². The smallest absolute Gasteiger partial charge is 0.226 e. The average molecular weight is 396 g/mol. The zero-order chi connectivity index (χ0) is 20.8. The van der Waals surface area contributed by atoms with E-state index in [1.54, 1.807) is 40.4 Å². The molecule has 0 aliphatic rings. The number of aryl methyl sites for hydroxylation is 1. The van der Waals surface area contributed by atoms with Crippen molar-refractivity contribution in [2.24, 2.45) is 0 Å². The molecule has 2 aromatic carbocycles. The van der Waals surface area contributed by atoms with Crippen LogP contribution in [0.2, 0.25) is 0 Å². The highest BCUT2D eigenvalue weighted by atomic mass is 16.5. The Balaban J connectivity index is 1.67. The molecule has 0 spiro atoms. The lowest BCUT2D eigenvalue weighted by Gasteiger charge is -2.14. The lowest BCUT2D eigenvalue weighted by Crippen LogP contribution is -2.25. The van der Waals surface area contributed by atoms with Gasteiger partial charge in [-0.3, -0.25) is 4.79 Å². The van der Waals surface area contributed by atoms with Crippen molar-refractivity contribution in [1.29, 1.82) is 0 Å². The molecule has 0 saturated carbocycles. The number of amides is 1. The first-order valence-electron chi connectivity index (χ1n) is 9.13. The molecule has 0 unspecified atom stereocenters. The van der Waals surface area contributed by atoms with Crippen LogP contribution in [0.5, 0.6) is 17.2 Å². The highest BCUT2D eigenvalue weighted by molar-refractivity contribution is 5.78. The van der Waals surface area contributed by atoms with Crippen LogP contribution in [0.25, 0.3) is 11.5 Å². The fourth-order valence-electron chi connectivity index (χ4n) is 2.95. The Kier molecular flexibility index (Phi) is 6.39. The third-order valence-corrected chi connectivity index (χ3v) is 4.46. The van der Waals surface area contributed by atoms with E-state index in [1.165, 1.54) is 0 Å². The second-order valence-corrected chi connectivity index (χ2v) is 6.38. The lowest BCUT2D eigenvalue weighted by molar-refractivity contribution is -0.120. The molecular formula is C22H24N2O5. The third kappa shape index (κ3) is 4.68. The molecule has 0 fully saturated rings. The van der Waals surface area contributed by atoms with Gasteiger partial charge in [-0.15, -0.1) is 0 Å². The molecular weight excluding hydrogens is 372 g/mol. The maximum atomic E-state index is 12.4. The number of methoxy groups -OCH3 is 3. The zero-order valence-electron chi connectivity index (χ0n) is 16.9. The number of hydrogen-bond acceptors (Lipinski definition) is 6. The van der Waals surface area contributed by atoms with Gasteiger partial charge in [-0.1, -0.05) is 18.2 Å². The highest BCUT2D eigenvalue weighted by Crippen LogP contribution is 2.38. The number of nitrogens with one attached hydrogen (secondary N) is 1. The molecule has 152 valence electrons. The van der Waals surface area contributed by atoms with Crippen molar-refractivity contribution in [3.05, 3.63) is 59.5 Å². The van der Waals surface area contributed by atoms with E-state index in [9.17, 15) is 4.79 Å². The predicted octanol–water partition coefficient (Wildman–Crippen LogP) is 3.53. The maximum absolute atomic E-state index is 12.4. The molecule has 1 amide bonds. The molecule has 7 heteroatoms. The van der Waals surface area contributed by atoms with Gasteiger partial charge in [0.25, 0.3) is 0 Å². The van der Waals surface area contributed by atoms with Crippen molar-refractivity contribution in [3.8, 4) is 28.7 Å². The molecule has 0 aliphatic heterocycles. The van der Waals surface area contributed by atoms with Crippen molar-refractivity contribution in [1.82, 2.24) is 10.3 Å². The number of carbonyl (C=O) groups is 1. The Morgan fingerprint density at radius 1 is 1.03 bits per heavy atom. The minimum Gasteiger partial charge on any atom is -0.493 e. The van der Waals surface area contributed by atoms with Crippen LogP contribution in [0.15, 0.2) is 46.9 Å². The van der Waals surface area contributed by atoms with Gasteiger partial charge in [0.05, 0.1) is 33.4 Å². The topological polar surface area (TPSA) is 82.8 Å². The molecule has 3 rings (SSSR count). The van der Waals surface area contributed by atoms with Crippen molar-refractivity contribution >= 4 is 5.91 Å². The van der Waals surface area contributed by atoms with Crippen LogP contribution in [0.4, 0.5) is 0 Å². The molecule has 1 aromatic heterocycles. The van der Waals surface area contributed by atoms with Crippen LogP contribution >= 0.6 is 0 Å². The summed E-state index contributed by atoms with van der Waals surface area (Å²) in [7, 11) is 4.65. The zero-order valence-corrected chi connectivity index (χ0v) is 16.9. The summed E-state index contributed by atoms with van der Waals surface area (Å²) in [5, 5.41) is 2.89. The van der Waals surface area contributed by atoms with E-state index in [1.807, 2.05) is 30.3 Å². The number of aromatic nitrogens is 1. The monoisotopic (exact) mass is 396 g/mol. The van der Waals surface area contributed by atoms with Gasteiger partial charge in [-0.25, -0.2) is 4.98 Å². The fourth-order valence-corrected chi connectivity index (χ4v) is 2.95. The van der Waals surface area contributed by atoms with Gasteiger partial charge in [0.1, 0.15) is 5.76 Å². The second-order valence-electron chi connectivity index (χ2n) is 6.38. The molecule has 0 saturated heterocycles. The van der Waals surface area contributed by atoms with Gasteiger partial charge >= 0.3 is 0 Å². The molecule has 0 atom stereocenters. The molecule has 0 aliphatic carbocycles. The van der Waals surface area contributed by atoms with Crippen molar-refractivity contribution < 1.29 is 23.4 Å². The van der Waals surface area contributed by atoms with E-state index >= 15 is 0 Å². The molecule has 1 N–H and O–H groups in total. The van der Waals surface area contributed by atoms with Crippen molar-refractivity contribution in [3.63, 3.8) is 0 Å². The molecule has 0 bridgehead atoms. The minimum atomic E-state index is -0.158. The number of carbonyl (C=O) groups excluding carboxylic acids is 1. The lowest BCUT2D eigenvalue weighted by atomic mass is 10.1. The van der Waals surface area contributed by atoms with Crippen LogP contribution < -0.4 is 19.5 Å². The second kappa shape index (κ2) is 9.14. The summed E-state index contributed by atoms with van der Waals surface area (Å²) < 4.78 is 21.7. The number of ether oxygens (including phenoxy) is 3. The van der Waals surface area contributed by atoms with E-state index in [4.69, 9.17) is 18.6 Å². The van der Waals surface area contributed by atoms with Crippen LogP contribution in [0.3, 0.4) is 0 Å². The SMILES string of the molecule is COc1cc(CNC(=O)Cc2nc(-c3ccccc3)oc2C)cc(OC)c1OC. The molecule has 7 nitrogen and oxygen atoms in total. The first-order chi connectivity index (χ1) is 14.0. The summed E-state index contributed by atoms with van der Waals surface area (Å²) in [5.74, 6) is 2.57. The standard InChI is InChI=1S/C22H24N2O5/c1-14-17(24-22(29-14)16-8-6-5-7-9-16)12-20(25)23-13-15-10-18(26-2)21(28-4)19(11-15)27-3/h5-11H,12-13H2,1-4H3,(H,23,25). The van der Waals surface area contributed by atoms with Crippen molar-refractivity contribution in [2.75, 3.05) is 21.3 Å². The average Bonchev–Trinajstić information content (AvgIpc) is 3.12. The Bertz CT molecular complexity index is 957. The van der Waals surface area contributed by atoms with E-state index in [-0.39, 0.29) is 12.3 Å². The largest absolute Gasteiger partial charge is 0.493 e. The van der Waals surface area contributed by atoms with Gasteiger partial charge in [0.2, 0.25) is 17.5 Å². The molecule has 29 heavy (non-hydrogen) atoms. The number of nitrogens with zero attached hydrogens (tertiary/aromatic N) is 1. The highest BCUT2D eigenvalue weighted by Gasteiger charge is 2.16. The molecule has 0 radical (unpaired) electrons. The van der Waals surface area contributed by atoms with E-state index in [0.717, 1.165) is 11.1 Å². The Labute approximate surface area is 169 Å². The minimum absolute atomic E-state index is 0.132.